The molecule has 0 aromatic heterocycles. The molecule has 2 heterocycles. The van der Waals surface area contributed by atoms with E-state index in [1.165, 1.54) is 6.42 Å². The Bertz CT molecular complexity index is 626. The van der Waals surface area contributed by atoms with E-state index in [4.69, 9.17) is 23.1 Å². The standard InChI is InChI=1S/C13H26O5S.C12H24O3/c1-13(2,3)11(10-18-19(4,14)15)9-17-12-7-5-6-8-16-12;1-12(2,3)10(8-13)9-15-11-6-4-5-7-14-11/h11-12H,5-10H2,1-4H3;10-11,13H,4-9H2,1-3H3/t11-,12?;10-,11?/m01/s1. The molecule has 0 amide bonds. The van der Waals surface area contributed by atoms with Gasteiger partial charge in [-0.25, -0.2) is 0 Å². The summed E-state index contributed by atoms with van der Waals surface area (Å²) in [6, 6.07) is 0. The molecule has 9 heteroatoms. The Labute approximate surface area is 208 Å². The second kappa shape index (κ2) is 15.1. The Kier molecular flexibility index (Phi) is 14.1. The molecule has 0 radical (unpaired) electrons. The zero-order valence-electron chi connectivity index (χ0n) is 22.5. The lowest BCUT2D eigenvalue weighted by molar-refractivity contribution is -0.176. The predicted octanol–water partition coefficient (Wildman–Crippen LogP) is 4.35. The fraction of sp³-hybridized carbons (Fsp3) is 1.00. The van der Waals surface area contributed by atoms with Gasteiger partial charge in [0, 0.05) is 31.7 Å². The molecular formula is C25H50O8S. The third kappa shape index (κ3) is 14.3. The molecule has 1 N–H and O–H groups in total. The molecule has 2 unspecified atom stereocenters. The monoisotopic (exact) mass is 510 g/mol. The summed E-state index contributed by atoms with van der Waals surface area (Å²) in [5, 5.41) is 9.27. The van der Waals surface area contributed by atoms with E-state index in [1.807, 2.05) is 20.8 Å². The smallest absolute Gasteiger partial charge is 0.264 e. The Hall–Kier alpha value is -0.290. The van der Waals surface area contributed by atoms with Gasteiger partial charge in [-0.2, -0.15) is 8.42 Å². The van der Waals surface area contributed by atoms with Crippen molar-refractivity contribution in [1.82, 2.24) is 0 Å². The van der Waals surface area contributed by atoms with Crippen LogP contribution in [0.25, 0.3) is 0 Å². The van der Waals surface area contributed by atoms with Crippen molar-refractivity contribution < 1.29 is 36.7 Å². The van der Waals surface area contributed by atoms with Gasteiger partial charge < -0.3 is 24.1 Å². The minimum Gasteiger partial charge on any atom is -0.396 e. The second-order valence-electron chi connectivity index (χ2n) is 11.6. The Morgan fingerprint density at radius 3 is 1.56 bits per heavy atom. The topological polar surface area (TPSA) is 101 Å². The molecule has 2 rings (SSSR count). The zero-order valence-corrected chi connectivity index (χ0v) is 23.3. The quantitative estimate of drug-likeness (QED) is 0.433. The molecule has 2 aliphatic rings. The maximum Gasteiger partial charge on any atom is 0.264 e. The Balaban J connectivity index is 0.000000350. The van der Waals surface area contributed by atoms with Crippen LogP contribution >= 0.6 is 0 Å². The molecule has 0 aromatic rings. The van der Waals surface area contributed by atoms with E-state index >= 15 is 0 Å². The van der Waals surface area contributed by atoms with E-state index in [0.29, 0.717) is 13.2 Å². The van der Waals surface area contributed by atoms with Crippen LogP contribution in [0.5, 0.6) is 0 Å². The van der Waals surface area contributed by atoms with Crippen LogP contribution in [0.3, 0.4) is 0 Å². The maximum absolute atomic E-state index is 11.1. The molecule has 0 aromatic carbocycles. The van der Waals surface area contributed by atoms with Crippen molar-refractivity contribution in [1.29, 1.82) is 0 Å². The van der Waals surface area contributed by atoms with Crippen molar-refractivity contribution in [2.75, 3.05) is 45.9 Å². The van der Waals surface area contributed by atoms with Crippen molar-refractivity contribution in [3.8, 4) is 0 Å². The fourth-order valence-corrected chi connectivity index (χ4v) is 3.87. The molecule has 2 saturated heterocycles. The van der Waals surface area contributed by atoms with Gasteiger partial charge in [-0.3, -0.25) is 4.18 Å². The first-order valence-electron chi connectivity index (χ1n) is 12.6. The van der Waals surface area contributed by atoms with E-state index in [-0.39, 0.29) is 48.5 Å². The average Bonchev–Trinajstić information content (AvgIpc) is 2.73. The molecule has 0 saturated carbocycles. The molecule has 0 spiro atoms. The summed E-state index contributed by atoms with van der Waals surface area (Å²) in [6.07, 6.45) is 7.29. The van der Waals surface area contributed by atoms with Crippen molar-refractivity contribution in [3.05, 3.63) is 0 Å². The van der Waals surface area contributed by atoms with Gasteiger partial charge >= 0.3 is 0 Å². The second-order valence-corrected chi connectivity index (χ2v) is 13.2. The number of aliphatic hydroxyl groups is 1. The minimum atomic E-state index is -3.41. The van der Waals surface area contributed by atoms with Gasteiger partial charge in [-0.15, -0.1) is 0 Å². The number of hydrogen-bond donors (Lipinski definition) is 1. The van der Waals surface area contributed by atoms with Crippen molar-refractivity contribution in [2.24, 2.45) is 22.7 Å². The van der Waals surface area contributed by atoms with Gasteiger partial charge in [0.1, 0.15) is 0 Å². The van der Waals surface area contributed by atoms with Crippen molar-refractivity contribution >= 4 is 10.1 Å². The van der Waals surface area contributed by atoms with E-state index in [1.54, 1.807) is 0 Å². The van der Waals surface area contributed by atoms with Gasteiger partial charge in [-0.1, -0.05) is 41.5 Å². The third-order valence-corrected chi connectivity index (χ3v) is 6.96. The zero-order chi connectivity index (χ0) is 25.8. The first-order valence-corrected chi connectivity index (χ1v) is 14.5. The highest BCUT2D eigenvalue weighted by Gasteiger charge is 2.28. The van der Waals surface area contributed by atoms with E-state index in [0.717, 1.165) is 51.6 Å². The number of hydrogen-bond acceptors (Lipinski definition) is 8. The minimum absolute atomic E-state index is 0.00718. The normalized spacial score (nSPS) is 24.1. The van der Waals surface area contributed by atoms with Crippen LogP contribution in [0.2, 0.25) is 0 Å². The average molecular weight is 511 g/mol. The molecular weight excluding hydrogens is 460 g/mol. The molecule has 204 valence electrons. The van der Waals surface area contributed by atoms with Crippen molar-refractivity contribution in [3.63, 3.8) is 0 Å². The van der Waals surface area contributed by atoms with Gasteiger partial charge in [-0.05, 0) is 49.4 Å². The number of rotatable bonds is 10. The molecule has 8 nitrogen and oxygen atoms in total. The SMILES string of the molecule is CC(C)(C)[C@@H](COC1CCCCO1)COS(C)(=O)=O.CC(C)(C)[C@H](CO)COC1CCCCO1. The number of aliphatic hydroxyl groups excluding tert-OH is 1. The highest BCUT2D eigenvalue weighted by atomic mass is 32.2. The predicted molar refractivity (Wildman–Crippen MR) is 133 cm³/mol. The van der Waals surface area contributed by atoms with E-state index in [9.17, 15) is 13.5 Å². The van der Waals surface area contributed by atoms with Crippen LogP contribution in [0.1, 0.15) is 80.1 Å². The largest absolute Gasteiger partial charge is 0.396 e. The summed E-state index contributed by atoms with van der Waals surface area (Å²) in [7, 11) is -3.41. The summed E-state index contributed by atoms with van der Waals surface area (Å²) in [6.45, 7) is 15.4. The lowest BCUT2D eigenvalue weighted by atomic mass is 9.82. The lowest BCUT2D eigenvalue weighted by Gasteiger charge is -2.32. The summed E-state index contributed by atoms with van der Waals surface area (Å²) in [4.78, 5) is 0. The Morgan fingerprint density at radius 1 is 0.794 bits per heavy atom. The fourth-order valence-electron chi connectivity index (χ4n) is 3.46. The van der Waals surface area contributed by atoms with Crippen LogP contribution < -0.4 is 0 Å². The van der Waals surface area contributed by atoms with Crippen LogP contribution in [0.4, 0.5) is 0 Å². The molecule has 2 fully saturated rings. The number of ether oxygens (including phenoxy) is 4. The van der Waals surface area contributed by atoms with Crippen LogP contribution in [0, 0.1) is 22.7 Å². The summed E-state index contributed by atoms with van der Waals surface area (Å²) in [5.74, 6) is 0.191. The molecule has 34 heavy (non-hydrogen) atoms. The van der Waals surface area contributed by atoms with Gasteiger partial charge in [0.05, 0.1) is 26.1 Å². The summed E-state index contributed by atoms with van der Waals surface area (Å²) < 4.78 is 49.5. The van der Waals surface area contributed by atoms with Gasteiger partial charge in [0.25, 0.3) is 10.1 Å². The van der Waals surface area contributed by atoms with E-state index in [2.05, 4.69) is 20.8 Å². The highest BCUT2D eigenvalue weighted by molar-refractivity contribution is 7.85. The first kappa shape index (κ1) is 31.7. The molecule has 0 bridgehead atoms. The molecule has 2 aliphatic heterocycles. The van der Waals surface area contributed by atoms with Crippen molar-refractivity contribution in [2.45, 2.75) is 92.6 Å². The Morgan fingerprint density at radius 2 is 1.24 bits per heavy atom. The summed E-state index contributed by atoms with van der Waals surface area (Å²) in [5.41, 5.74) is 0.00275. The van der Waals surface area contributed by atoms with Gasteiger partial charge in [0.2, 0.25) is 0 Å². The highest BCUT2D eigenvalue weighted by Crippen LogP contribution is 2.28. The van der Waals surface area contributed by atoms with E-state index < -0.39 is 10.1 Å². The summed E-state index contributed by atoms with van der Waals surface area (Å²) >= 11 is 0. The third-order valence-electron chi connectivity index (χ3n) is 6.40. The maximum atomic E-state index is 11.1. The first-order chi connectivity index (χ1) is 15.7. The van der Waals surface area contributed by atoms with Crippen LogP contribution in [-0.2, 0) is 33.2 Å². The lowest BCUT2D eigenvalue weighted by Crippen LogP contribution is -2.33. The molecule has 4 atom stereocenters. The van der Waals surface area contributed by atoms with Gasteiger partial charge in [0.15, 0.2) is 12.6 Å². The van der Waals surface area contributed by atoms with Crippen LogP contribution in [-0.4, -0.2) is 72.0 Å². The van der Waals surface area contributed by atoms with Crippen LogP contribution in [0.15, 0.2) is 0 Å². The molecule has 0 aliphatic carbocycles.